The van der Waals surface area contributed by atoms with Crippen LogP contribution in [0.15, 0.2) is 28.9 Å². The maximum absolute atomic E-state index is 5.59. The highest BCUT2D eigenvalue weighted by molar-refractivity contribution is 5.89. The summed E-state index contributed by atoms with van der Waals surface area (Å²) in [6.07, 6.45) is 5.05. The van der Waals surface area contributed by atoms with Crippen LogP contribution in [0, 0.1) is 20.8 Å². The molecule has 1 aliphatic carbocycles. The molecule has 0 fully saturated rings. The minimum atomic E-state index is 0.997. The zero-order chi connectivity index (χ0) is 12.0. The van der Waals surface area contributed by atoms with Crippen LogP contribution in [-0.2, 0) is 6.42 Å². The molecule has 2 aromatic rings. The molecule has 1 aromatic heterocycles. The molecule has 0 spiro atoms. The lowest BCUT2D eigenvalue weighted by Crippen LogP contribution is -1.91. The number of allylic oxidation sites excluding steroid dienone is 1. The van der Waals surface area contributed by atoms with Crippen LogP contribution in [0.2, 0.25) is 0 Å². The van der Waals surface area contributed by atoms with E-state index in [9.17, 15) is 0 Å². The van der Waals surface area contributed by atoms with Gasteiger partial charge in [0, 0.05) is 12.0 Å². The Hall–Kier alpha value is -1.76. The van der Waals surface area contributed by atoms with E-state index in [1.807, 2.05) is 6.07 Å². The van der Waals surface area contributed by atoms with Crippen molar-refractivity contribution in [1.82, 2.24) is 0 Å². The molecule has 0 atom stereocenters. The molecule has 3 rings (SSSR count). The molecule has 0 aliphatic heterocycles. The summed E-state index contributed by atoms with van der Waals surface area (Å²) in [5.41, 5.74) is 8.09. The summed E-state index contributed by atoms with van der Waals surface area (Å²) in [5, 5.41) is 0. The van der Waals surface area contributed by atoms with Gasteiger partial charge in [0.05, 0.1) is 6.26 Å². The largest absolute Gasteiger partial charge is 0.464 e. The Labute approximate surface area is 102 Å². The average molecular weight is 224 g/mol. The van der Waals surface area contributed by atoms with Crippen LogP contribution in [0.5, 0.6) is 0 Å². The van der Waals surface area contributed by atoms with E-state index < -0.39 is 0 Å². The van der Waals surface area contributed by atoms with Gasteiger partial charge in [0.2, 0.25) is 0 Å². The van der Waals surface area contributed by atoms with Crippen molar-refractivity contribution in [3.05, 3.63) is 58.0 Å². The van der Waals surface area contributed by atoms with Crippen molar-refractivity contribution in [2.75, 3.05) is 0 Å². The van der Waals surface area contributed by atoms with Gasteiger partial charge in [-0.15, -0.1) is 0 Å². The lowest BCUT2D eigenvalue weighted by molar-refractivity contribution is 0.550. The quantitative estimate of drug-likeness (QED) is 0.703. The first-order valence-corrected chi connectivity index (χ1v) is 6.01. The van der Waals surface area contributed by atoms with E-state index in [2.05, 4.69) is 39.0 Å². The Balaban J connectivity index is 2.11. The first-order valence-electron chi connectivity index (χ1n) is 6.01. The molecule has 1 nitrogen and oxygen atoms in total. The van der Waals surface area contributed by atoms with Crippen molar-refractivity contribution < 1.29 is 4.42 Å². The maximum atomic E-state index is 5.59. The van der Waals surface area contributed by atoms with Crippen molar-refractivity contribution in [2.24, 2.45) is 0 Å². The van der Waals surface area contributed by atoms with Crippen LogP contribution in [0.4, 0.5) is 0 Å². The third kappa shape index (κ3) is 1.54. The molecule has 0 saturated heterocycles. The van der Waals surface area contributed by atoms with Gasteiger partial charge in [-0.3, -0.25) is 0 Å². The fourth-order valence-electron chi connectivity index (χ4n) is 2.59. The Morgan fingerprint density at radius 1 is 0.941 bits per heavy atom. The third-order valence-corrected chi connectivity index (χ3v) is 3.65. The number of rotatable bonds is 1. The van der Waals surface area contributed by atoms with E-state index in [0.717, 1.165) is 12.2 Å². The molecule has 0 radical (unpaired) electrons. The van der Waals surface area contributed by atoms with Crippen LogP contribution in [-0.4, -0.2) is 0 Å². The lowest BCUT2D eigenvalue weighted by atomic mass is 9.99. The zero-order valence-electron chi connectivity index (χ0n) is 10.5. The van der Waals surface area contributed by atoms with E-state index in [1.54, 1.807) is 6.26 Å². The van der Waals surface area contributed by atoms with Gasteiger partial charge in [0.15, 0.2) is 0 Å². The number of hydrogen-bond donors (Lipinski definition) is 0. The Morgan fingerprint density at radius 3 is 2.35 bits per heavy atom. The van der Waals surface area contributed by atoms with Gasteiger partial charge in [-0.05, 0) is 60.7 Å². The van der Waals surface area contributed by atoms with E-state index in [-0.39, 0.29) is 0 Å². The third-order valence-electron chi connectivity index (χ3n) is 3.65. The SMILES string of the molecule is Cc1ccoc1C1=Cc2c(C)ccc(C)c2C1. The van der Waals surface area contributed by atoms with Crippen molar-refractivity contribution >= 4 is 11.6 Å². The van der Waals surface area contributed by atoms with Gasteiger partial charge in [-0.1, -0.05) is 12.1 Å². The fourth-order valence-corrected chi connectivity index (χ4v) is 2.59. The van der Waals surface area contributed by atoms with Gasteiger partial charge < -0.3 is 4.42 Å². The molecule has 0 saturated carbocycles. The molecule has 0 unspecified atom stereocenters. The summed E-state index contributed by atoms with van der Waals surface area (Å²) < 4.78 is 5.59. The van der Waals surface area contributed by atoms with E-state index >= 15 is 0 Å². The van der Waals surface area contributed by atoms with Crippen LogP contribution in [0.1, 0.15) is 33.6 Å². The van der Waals surface area contributed by atoms with Gasteiger partial charge in [0.1, 0.15) is 5.76 Å². The highest BCUT2D eigenvalue weighted by atomic mass is 16.3. The number of benzene rings is 1. The smallest absolute Gasteiger partial charge is 0.133 e. The monoisotopic (exact) mass is 224 g/mol. The summed E-state index contributed by atoms with van der Waals surface area (Å²) in [5.74, 6) is 1.04. The van der Waals surface area contributed by atoms with Gasteiger partial charge >= 0.3 is 0 Å². The molecular formula is C16H16O. The van der Waals surface area contributed by atoms with Crippen molar-refractivity contribution in [3.8, 4) is 0 Å². The molecule has 0 N–H and O–H groups in total. The van der Waals surface area contributed by atoms with Crippen molar-refractivity contribution in [3.63, 3.8) is 0 Å². The Kier molecular flexibility index (Phi) is 2.22. The highest BCUT2D eigenvalue weighted by Gasteiger charge is 2.20. The first-order chi connectivity index (χ1) is 8.16. The Morgan fingerprint density at radius 2 is 1.71 bits per heavy atom. The van der Waals surface area contributed by atoms with Gasteiger partial charge in [-0.25, -0.2) is 0 Å². The van der Waals surface area contributed by atoms with Crippen LogP contribution >= 0.6 is 0 Å². The molecule has 17 heavy (non-hydrogen) atoms. The Bertz CT molecular complexity index is 614. The lowest BCUT2D eigenvalue weighted by Gasteiger charge is -2.06. The number of furan rings is 1. The molecule has 0 bridgehead atoms. The van der Waals surface area contributed by atoms with Gasteiger partial charge in [0.25, 0.3) is 0 Å². The second-order valence-corrected chi connectivity index (χ2v) is 4.87. The molecule has 1 aliphatic rings. The fraction of sp³-hybridized carbons (Fsp3) is 0.250. The predicted octanol–water partition coefficient (Wildman–Crippen LogP) is 4.30. The second-order valence-electron chi connectivity index (χ2n) is 4.87. The number of aryl methyl sites for hydroxylation is 3. The molecule has 1 aromatic carbocycles. The summed E-state index contributed by atoms with van der Waals surface area (Å²) in [7, 11) is 0. The molecular weight excluding hydrogens is 208 g/mol. The van der Waals surface area contributed by atoms with E-state index in [1.165, 1.54) is 33.4 Å². The molecule has 1 heterocycles. The maximum Gasteiger partial charge on any atom is 0.133 e. The van der Waals surface area contributed by atoms with Crippen LogP contribution in [0.3, 0.4) is 0 Å². The average Bonchev–Trinajstić information content (AvgIpc) is 2.89. The number of fused-ring (bicyclic) bond motifs is 1. The highest BCUT2D eigenvalue weighted by Crippen LogP contribution is 2.36. The van der Waals surface area contributed by atoms with E-state index in [0.29, 0.717) is 0 Å². The van der Waals surface area contributed by atoms with Crippen LogP contribution in [0.25, 0.3) is 11.6 Å². The summed E-state index contributed by atoms with van der Waals surface area (Å²) in [6.45, 7) is 6.46. The zero-order valence-corrected chi connectivity index (χ0v) is 10.5. The minimum Gasteiger partial charge on any atom is -0.464 e. The first kappa shape index (κ1) is 10.4. The summed E-state index contributed by atoms with van der Waals surface area (Å²) in [4.78, 5) is 0. The number of hydrogen-bond acceptors (Lipinski definition) is 1. The minimum absolute atomic E-state index is 0.997. The summed E-state index contributed by atoms with van der Waals surface area (Å²) >= 11 is 0. The van der Waals surface area contributed by atoms with E-state index in [4.69, 9.17) is 4.42 Å². The normalized spacial score (nSPS) is 13.7. The molecule has 1 heteroatoms. The van der Waals surface area contributed by atoms with Crippen molar-refractivity contribution in [1.29, 1.82) is 0 Å². The predicted molar refractivity (Wildman–Crippen MR) is 70.9 cm³/mol. The van der Waals surface area contributed by atoms with Crippen LogP contribution < -0.4 is 0 Å². The molecule has 86 valence electrons. The molecule has 0 amide bonds. The van der Waals surface area contributed by atoms with Crippen molar-refractivity contribution in [2.45, 2.75) is 27.2 Å². The van der Waals surface area contributed by atoms with Gasteiger partial charge in [-0.2, -0.15) is 0 Å². The second kappa shape index (κ2) is 3.63. The summed E-state index contributed by atoms with van der Waals surface area (Å²) in [6, 6.07) is 6.43. The topological polar surface area (TPSA) is 13.1 Å². The standard InChI is InChI=1S/C16H16O/c1-10-4-5-11(2)15-9-13(8-14(10)15)16-12(3)6-7-17-16/h4-8H,9H2,1-3H3.